The molecule has 0 saturated carbocycles. The van der Waals surface area contributed by atoms with Crippen LogP contribution < -0.4 is 14.4 Å². The van der Waals surface area contributed by atoms with E-state index in [2.05, 4.69) is 21.2 Å². The number of anilines is 1. The van der Waals surface area contributed by atoms with Crippen molar-refractivity contribution in [2.75, 3.05) is 30.8 Å². The molecule has 0 aliphatic carbocycles. The second-order valence-corrected chi connectivity index (χ2v) is 11.2. The van der Waals surface area contributed by atoms with Gasteiger partial charge in [0.15, 0.2) is 0 Å². The number of methoxy groups -OCH3 is 1. The Hall–Kier alpha value is -2.59. The number of aryl methyl sites for hydroxylation is 1. The number of hydrogen-bond acceptors (Lipinski definition) is 5. The molecule has 10 heteroatoms. The van der Waals surface area contributed by atoms with Gasteiger partial charge in [-0.3, -0.25) is 13.9 Å². The van der Waals surface area contributed by atoms with Gasteiger partial charge < -0.3 is 15.0 Å². The molecule has 0 radical (unpaired) electrons. The first-order valence-corrected chi connectivity index (χ1v) is 14.1. The van der Waals surface area contributed by atoms with Gasteiger partial charge in [0, 0.05) is 17.6 Å². The number of carbonyl (C=O) groups excluding carboxylic acids is 2. The summed E-state index contributed by atoms with van der Waals surface area (Å²) in [7, 11) is -2.40. The normalized spacial score (nSPS) is 12.1. The van der Waals surface area contributed by atoms with Crippen LogP contribution >= 0.6 is 15.9 Å². The lowest BCUT2D eigenvalue weighted by molar-refractivity contribution is -0.139. The highest BCUT2D eigenvalue weighted by Crippen LogP contribution is 2.31. The second-order valence-electron chi connectivity index (χ2n) is 8.41. The van der Waals surface area contributed by atoms with E-state index in [1.54, 1.807) is 25.1 Å². The lowest BCUT2D eigenvalue weighted by Gasteiger charge is -2.32. The molecule has 0 aliphatic rings. The fraction of sp³-hybridized carbons (Fsp3) is 0.440. The molecule has 1 unspecified atom stereocenters. The molecule has 0 aromatic heterocycles. The van der Waals surface area contributed by atoms with E-state index in [1.165, 1.54) is 12.0 Å². The molecule has 2 aromatic rings. The number of nitrogens with zero attached hydrogens (tertiary/aromatic N) is 2. The Morgan fingerprint density at radius 1 is 1.14 bits per heavy atom. The van der Waals surface area contributed by atoms with Crippen molar-refractivity contribution in [3.63, 3.8) is 0 Å². The van der Waals surface area contributed by atoms with Gasteiger partial charge in [0.1, 0.15) is 18.3 Å². The number of rotatable bonds is 12. The van der Waals surface area contributed by atoms with Crippen molar-refractivity contribution in [2.24, 2.45) is 0 Å². The van der Waals surface area contributed by atoms with E-state index in [1.807, 2.05) is 38.1 Å². The Balaban J connectivity index is 2.41. The molecule has 0 bridgehead atoms. The van der Waals surface area contributed by atoms with Crippen LogP contribution in [0.5, 0.6) is 5.75 Å². The summed E-state index contributed by atoms with van der Waals surface area (Å²) < 4.78 is 32.8. The lowest BCUT2D eigenvalue weighted by Crippen LogP contribution is -2.51. The smallest absolute Gasteiger partial charge is 0.244 e. The maximum atomic E-state index is 13.6. The van der Waals surface area contributed by atoms with Crippen molar-refractivity contribution in [3.05, 3.63) is 58.1 Å². The maximum absolute atomic E-state index is 13.6. The van der Waals surface area contributed by atoms with Crippen LogP contribution in [0.4, 0.5) is 5.69 Å². The van der Waals surface area contributed by atoms with Crippen molar-refractivity contribution in [1.82, 2.24) is 10.2 Å². The molecule has 2 amide bonds. The summed E-state index contributed by atoms with van der Waals surface area (Å²) in [6, 6.07) is 11.7. The molecular weight excluding hydrogens is 534 g/mol. The van der Waals surface area contributed by atoms with Crippen LogP contribution in [-0.2, 0) is 26.2 Å². The summed E-state index contributed by atoms with van der Waals surface area (Å²) in [5, 5.41) is 2.86. The molecule has 35 heavy (non-hydrogen) atoms. The summed E-state index contributed by atoms with van der Waals surface area (Å²) in [6.07, 6.45) is 2.80. The second kappa shape index (κ2) is 12.9. The summed E-state index contributed by atoms with van der Waals surface area (Å²) in [5.41, 5.74) is 1.90. The molecule has 0 aliphatic heterocycles. The van der Waals surface area contributed by atoms with Crippen LogP contribution in [0.15, 0.2) is 46.9 Å². The van der Waals surface area contributed by atoms with E-state index in [9.17, 15) is 18.0 Å². The molecule has 0 fully saturated rings. The first-order chi connectivity index (χ1) is 16.5. The largest absolute Gasteiger partial charge is 0.495 e. The topological polar surface area (TPSA) is 96.0 Å². The highest BCUT2D eigenvalue weighted by atomic mass is 79.9. The zero-order chi connectivity index (χ0) is 26.2. The van der Waals surface area contributed by atoms with E-state index in [4.69, 9.17) is 4.74 Å². The lowest BCUT2D eigenvalue weighted by atomic mass is 10.1. The van der Waals surface area contributed by atoms with Gasteiger partial charge in [0.25, 0.3) is 0 Å². The van der Waals surface area contributed by atoms with Crippen LogP contribution in [0.2, 0.25) is 0 Å². The predicted octanol–water partition coefficient (Wildman–Crippen LogP) is 3.87. The third-order valence-electron chi connectivity index (χ3n) is 5.55. The SMILES string of the molecule is CCCCNC(=O)C(C)N(Cc1ccc(Br)cc1)C(=O)CN(c1cc(C)ccc1OC)S(C)(=O)=O. The third kappa shape index (κ3) is 8.24. The van der Waals surface area contributed by atoms with Crippen molar-refractivity contribution in [1.29, 1.82) is 0 Å². The van der Waals surface area contributed by atoms with E-state index in [0.717, 1.165) is 39.0 Å². The Morgan fingerprint density at radius 2 is 1.80 bits per heavy atom. The fourth-order valence-corrected chi connectivity index (χ4v) is 4.60. The first-order valence-electron chi connectivity index (χ1n) is 11.4. The molecule has 0 heterocycles. The quantitative estimate of drug-likeness (QED) is 0.393. The summed E-state index contributed by atoms with van der Waals surface area (Å²) >= 11 is 3.40. The molecule has 1 atom stereocenters. The van der Waals surface area contributed by atoms with Crippen molar-refractivity contribution < 1.29 is 22.7 Å². The van der Waals surface area contributed by atoms with Gasteiger partial charge in [-0.05, 0) is 55.7 Å². The van der Waals surface area contributed by atoms with Crippen LogP contribution in [-0.4, -0.2) is 57.6 Å². The zero-order valence-corrected chi connectivity index (χ0v) is 23.3. The summed E-state index contributed by atoms with van der Waals surface area (Å²) in [6.45, 7) is 5.69. The number of halogens is 1. The van der Waals surface area contributed by atoms with Gasteiger partial charge in [-0.2, -0.15) is 0 Å². The number of carbonyl (C=O) groups is 2. The Morgan fingerprint density at radius 3 is 2.37 bits per heavy atom. The molecular formula is C25H34BrN3O5S. The fourth-order valence-electron chi connectivity index (χ4n) is 3.49. The van der Waals surface area contributed by atoms with Gasteiger partial charge in [-0.25, -0.2) is 8.42 Å². The van der Waals surface area contributed by atoms with Gasteiger partial charge in [0.2, 0.25) is 21.8 Å². The molecule has 8 nitrogen and oxygen atoms in total. The van der Waals surface area contributed by atoms with E-state index in [-0.39, 0.29) is 18.1 Å². The van der Waals surface area contributed by atoms with Gasteiger partial charge in [0.05, 0.1) is 19.1 Å². The molecule has 2 aromatic carbocycles. The van der Waals surface area contributed by atoms with Crippen molar-refractivity contribution in [3.8, 4) is 5.75 Å². The maximum Gasteiger partial charge on any atom is 0.244 e. The Bertz CT molecular complexity index is 1120. The molecule has 2 rings (SSSR count). The van der Waals surface area contributed by atoms with Crippen LogP contribution in [0, 0.1) is 6.92 Å². The zero-order valence-electron chi connectivity index (χ0n) is 20.9. The first kappa shape index (κ1) is 28.6. The number of ether oxygens (including phenoxy) is 1. The Kier molecular flexibility index (Phi) is 10.6. The average Bonchev–Trinajstić information content (AvgIpc) is 2.80. The number of unbranched alkanes of at least 4 members (excludes halogenated alkanes) is 1. The highest BCUT2D eigenvalue weighted by Gasteiger charge is 2.31. The summed E-state index contributed by atoms with van der Waals surface area (Å²) in [4.78, 5) is 27.8. The summed E-state index contributed by atoms with van der Waals surface area (Å²) in [5.74, 6) is -0.457. The predicted molar refractivity (Wildman–Crippen MR) is 142 cm³/mol. The van der Waals surface area contributed by atoms with E-state index >= 15 is 0 Å². The minimum absolute atomic E-state index is 0.150. The number of hydrogen-bond donors (Lipinski definition) is 1. The van der Waals surface area contributed by atoms with Gasteiger partial charge >= 0.3 is 0 Å². The number of sulfonamides is 1. The minimum Gasteiger partial charge on any atom is -0.495 e. The van der Waals surface area contributed by atoms with Crippen molar-refractivity contribution >= 4 is 43.5 Å². The van der Waals surface area contributed by atoms with Crippen molar-refractivity contribution in [2.45, 2.75) is 46.2 Å². The number of nitrogens with one attached hydrogen (secondary N) is 1. The van der Waals surface area contributed by atoms with Gasteiger partial charge in [-0.1, -0.05) is 47.5 Å². The van der Waals surface area contributed by atoms with Gasteiger partial charge in [-0.15, -0.1) is 0 Å². The molecule has 1 N–H and O–H groups in total. The number of benzene rings is 2. The Labute approximate surface area is 216 Å². The number of amides is 2. The highest BCUT2D eigenvalue weighted by molar-refractivity contribution is 9.10. The van der Waals surface area contributed by atoms with E-state index in [0.29, 0.717) is 12.3 Å². The van der Waals surface area contributed by atoms with E-state index < -0.39 is 28.5 Å². The van der Waals surface area contributed by atoms with Crippen LogP contribution in [0.1, 0.15) is 37.8 Å². The average molecular weight is 569 g/mol. The minimum atomic E-state index is -3.84. The monoisotopic (exact) mass is 567 g/mol. The molecule has 0 spiro atoms. The standard InChI is InChI=1S/C25H34BrN3O5S/c1-6-7-14-27-25(31)19(3)28(16-20-9-11-21(26)12-10-20)24(30)17-29(35(5,32)33)22-15-18(2)8-13-23(22)34-4/h8-13,15,19H,6-7,14,16-17H2,1-5H3,(H,27,31). The molecule has 0 saturated heterocycles. The third-order valence-corrected chi connectivity index (χ3v) is 7.20. The molecule has 192 valence electrons. The van der Waals surface area contributed by atoms with Crippen LogP contribution in [0.3, 0.4) is 0 Å². The van der Waals surface area contributed by atoms with Crippen LogP contribution in [0.25, 0.3) is 0 Å².